The van der Waals surface area contributed by atoms with E-state index in [-0.39, 0.29) is 11.9 Å². The molecule has 2 amide bonds. The topological polar surface area (TPSA) is 41.1 Å². The average Bonchev–Trinajstić information content (AvgIpc) is 3.20. The molecule has 2 aromatic carbocycles. The molecular formula is C21H22N2OS. The van der Waals surface area contributed by atoms with Crippen LogP contribution >= 0.6 is 11.3 Å². The summed E-state index contributed by atoms with van der Waals surface area (Å²) in [6.07, 6.45) is 0. The molecule has 0 fully saturated rings. The number of hydrogen-bond acceptors (Lipinski definition) is 2. The van der Waals surface area contributed by atoms with E-state index < -0.39 is 0 Å². The lowest BCUT2D eigenvalue weighted by molar-refractivity contribution is 0.240. The highest BCUT2D eigenvalue weighted by atomic mass is 32.1. The van der Waals surface area contributed by atoms with Crippen LogP contribution in [0, 0.1) is 0 Å². The highest BCUT2D eigenvalue weighted by Crippen LogP contribution is 2.24. The van der Waals surface area contributed by atoms with Gasteiger partial charge in [0.05, 0.1) is 0 Å². The summed E-state index contributed by atoms with van der Waals surface area (Å²) in [5.74, 6) is 0.263. The van der Waals surface area contributed by atoms with Gasteiger partial charge in [-0.25, -0.2) is 4.79 Å². The van der Waals surface area contributed by atoms with Crippen molar-refractivity contribution in [3.63, 3.8) is 0 Å². The molecule has 3 aromatic rings. The molecule has 1 heterocycles. The van der Waals surface area contributed by atoms with E-state index in [1.807, 2.05) is 30.3 Å². The highest BCUT2D eigenvalue weighted by molar-refractivity contribution is 7.08. The van der Waals surface area contributed by atoms with Crippen LogP contribution in [0.4, 0.5) is 4.79 Å². The molecule has 0 aliphatic heterocycles. The molecule has 25 heavy (non-hydrogen) atoms. The Morgan fingerprint density at radius 2 is 1.72 bits per heavy atom. The Kier molecular flexibility index (Phi) is 5.86. The van der Waals surface area contributed by atoms with Crippen molar-refractivity contribution in [2.24, 2.45) is 0 Å². The van der Waals surface area contributed by atoms with Crippen molar-refractivity contribution < 1.29 is 4.79 Å². The van der Waals surface area contributed by atoms with Crippen molar-refractivity contribution in [3.8, 4) is 11.1 Å². The molecular weight excluding hydrogens is 328 g/mol. The van der Waals surface area contributed by atoms with Gasteiger partial charge in [-0.3, -0.25) is 0 Å². The van der Waals surface area contributed by atoms with Gasteiger partial charge in [-0.2, -0.15) is 11.3 Å². The molecule has 1 aromatic heterocycles. The Labute approximate surface area is 152 Å². The lowest BCUT2D eigenvalue weighted by atomic mass is 9.98. The van der Waals surface area contributed by atoms with Gasteiger partial charge in [-0.05, 0) is 45.0 Å². The first-order valence-corrected chi connectivity index (χ1v) is 9.35. The Hall–Kier alpha value is -2.59. The lowest BCUT2D eigenvalue weighted by Crippen LogP contribution is -2.37. The van der Waals surface area contributed by atoms with Crippen LogP contribution in [0.1, 0.15) is 24.0 Å². The lowest BCUT2D eigenvalue weighted by Gasteiger charge is -2.14. The van der Waals surface area contributed by atoms with E-state index in [4.69, 9.17) is 0 Å². The van der Waals surface area contributed by atoms with Crippen LogP contribution in [0.3, 0.4) is 0 Å². The maximum atomic E-state index is 11.9. The average molecular weight is 350 g/mol. The monoisotopic (exact) mass is 350 g/mol. The van der Waals surface area contributed by atoms with Crippen molar-refractivity contribution in [3.05, 3.63) is 82.6 Å². The van der Waals surface area contributed by atoms with E-state index >= 15 is 0 Å². The second kappa shape index (κ2) is 8.49. The van der Waals surface area contributed by atoms with Gasteiger partial charge in [-0.15, -0.1) is 0 Å². The first kappa shape index (κ1) is 17.2. The molecule has 128 valence electrons. The van der Waals surface area contributed by atoms with Crippen LogP contribution in [-0.4, -0.2) is 12.6 Å². The number of rotatable bonds is 6. The molecule has 0 radical (unpaired) electrons. The SMILES string of the molecule is CC(CNC(=O)NCc1ccccc1)c1ccc(-c2ccsc2)cc1. The fraction of sp³-hybridized carbons (Fsp3) is 0.190. The van der Waals surface area contributed by atoms with E-state index in [1.165, 1.54) is 16.7 Å². The molecule has 3 rings (SSSR count). The standard InChI is InChI=1S/C21H22N2OS/c1-16(13-22-21(24)23-14-17-5-3-2-4-6-17)18-7-9-19(10-8-18)20-11-12-25-15-20/h2-12,15-16H,13-14H2,1H3,(H2,22,23,24). The number of thiophene rings is 1. The largest absolute Gasteiger partial charge is 0.338 e. The maximum absolute atomic E-state index is 11.9. The second-order valence-corrected chi connectivity index (χ2v) is 6.86. The van der Waals surface area contributed by atoms with E-state index in [2.05, 4.69) is 58.6 Å². The van der Waals surface area contributed by atoms with Gasteiger partial charge in [0.25, 0.3) is 0 Å². The summed E-state index contributed by atoms with van der Waals surface area (Å²) in [6, 6.07) is 20.5. The smallest absolute Gasteiger partial charge is 0.315 e. The third-order valence-electron chi connectivity index (χ3n) is 4.20. The third kappa shape index (κ3) is 4.94. The number of amides is 2. The van der Waals surface area contributed by atoms with Gasteiger partial charge in [0, 0.05) is 13.1 Å². The maximum Gasteiger partial charge on any atom is 0.315 e. The third-order valence-corrected chi connectivity index (χ3v) is 4.88. The van der Waals surface area contributed by atoms with Gasteiger partial charge in [0.2, 0.25) is 0 Å². The summed E-state index contributed by atoms with van der Waals surface area (Å²) < 4.78 is 0. The Morgan fingerprint density at radius 1 is 0.960 bits per heavy atom. The van der Waals surface area contributed by atoms with Gasteiger partial charge < -0.3 is 10.6 Å². The van der Waals surface area contributed by atoms with Crippen molar-refractivity contribution in [1.82, 2.24) is 10.6 Å². The van der Waals surface area contributed by atoms with Crippen molar-refractivity contribution >= 4 is 17.4 Å². The summed E-state index contributed by atoms with van der Waals surface area (Å²) in [5, 5.41) is 10.1. The minimum atomic E-state index is -0.134. The van der Waals surface area contributed by atoms with E-state index in [0.717, 1.165) is 5.56 Å². The first-order valence-electron chi connectivity index (χ1n) is 8.40. The molecule has 0 aliphatic carbocycles. The number of nitrogens with one attached hydrogen (secondary N) is 2. The van der Waals surface area contributed by atoms with E-state index in [9.17, 15) is 4.79 Å². The van der Waals surface area contributed by atoms with Crippen LogP contribution in [0.15, 0.2) is 71.4 Å². The fourth-order valence-corrected chi connectivity index (χ4v) is 3.30. The quantitative estimate of drug-likeness (QED) is 0.644. The molecule has 4 heteroatoms. The molecule has 3 nitrogen and oxygen atoms in total. The molecule has 1 unspecified atom stereocenters. The minimum absolute atomic E-state index is 0.134. The van der Waals surface area contributed by atoms with Gasteiger partial charge in [0.15, 0.2) is 0 Å². The summed E-state index contributed by atoms with van der Waals surface area (Å²) in [4.78, 5) is 11.9. The summed E-state index contributed by atoms with van der Waals surface area (Å²) in [7, 11) is 0. The molecule has 0 bridgehead atoms. The zero-order chi connectivity index (χ0) is 17.5. The molecule has 0 spiro atoms. The second-order valence-electron chi connectivity index (χ2n) is 6.08. The Bertz CT molecular complexity index is 783. The molecule has 2 N–H and O–H groups in total. The number of benzene rings is 2. The van der Waals surface area contributed by atoms with Crippen molar-refractivity contribution in [1.29, 1.82) is 0 Å². The van der Waals surface area contributed by atoms with Crippen molar-refractivity contribution in [2.75, 3.05) is 6.54 Å². The van der Waals surface area contributed by atoms with Crippen LogP contribution < -0.4 is 10.6 Å². The van der Waals surface area contributed by atoms with Gasteiger partial charge >= 0.3 is 6.03 Å². The Morgan fingerprint density at radius 3 is 2.40 bits per heavy atom. The molecule has 1 atom stereocenters. The Balaban J connectivity index is 1.47. The van der Waals surface area contributed by atoms with E-state index in [1.54, 1.807) is 11.3 Å². The van der Waals surface area contributed by atoms with Gasteiger partial charge in [-0.1, -0.05) is 61.5 Å². The van der Waals surface area contributed by atoms with E-state index in [0.29, 0.717) is 13.1 Å². The van der Waals surface area contributed by atoms with Crippen LogP contribution in [0.25, 0.3) is 11.1 Å². The zero-order valence-electron chi connectivity index (χ0n) is 14.2. The first-order chi connectivity index (χ1) is 12.2. The number of carbonyl (C=O) groups is 1. The molecule has 0 saturated carbocycles. The summed E-state index contributed by atoms with van der Waals surface area (Å²) in [6.45, 7) is 3.27. The number of urea groups is 1. The molecule has 0 aliphatic rings. The highest BCUT2D eigenvalue weighted by Gasteiger charge is 2.08. The summed E-state index contributed by atoms with van der Waals surface area (Å²) in [5.41, 5.74) is 4.80. The predicted molar refractivity (Wildman–Crippen MR) is 105 cm³/mol. The van der Waals surface area contributed by atoms with Crippen LogP contribution in [-0.2, 0) is 6.54 Å². The minimum Gasteiger partial charge on any atom is -0.338 e. The van der Waals surface area contributed by atoms with Crippen LogP contribution in [0.5, 0.6) is 0 Å². The number of carbonyl (C=O) groups excluding carboxylic acids is 1. The van der Waals surface area contributed by atoms with Gasteiger partial charge in [0.1, 0.15) is 0 Å². The summed E-state index contributed by atoms with van der Waals surface area (Å²) >= 11 is 1.70. The number of hydrogen-bond donors (Lipinski definition) is 2. The fourth-order valence-electron chi connectivity index (χ4n) is 2.64. The normalized spacial score (nSPS) is 11.7. The van der Waals surface area contributed by atoms with Crippen LogP contribution in [0.2, 0.25) is 0 Å². The predicted octanol–water partition coefficient (Wildman–Crippen LogP) is 5.02. The van der Waals surface area contributed by atoms with Crippen molar-refractivity contribution in [2.45, 2.75) is 19.4 Å². The zero-order valence-corrected chi connectivity index (χ0v) is 15.1. The molecule has 0 saturated heterocycles.